The highest BCUT2D eigenvalue weighted by atomic mass is 16.5. The maximum atomic E-state index is 11.6. The van der Waals surface area contributed by atoms with Crippen molar-refractivity contribution in [3.8, 4) is 0 Å². The van der Waals surface area contributed by atoms with Crippen LogP contribution < -0.4 is 0 Å². The van der Waals surface area contributed by atoms with Gasteiger partial charge in [-0.1, -0.05) is 12.2 Å². The van der Waals surface area contributed by atoms with Crippen molar-refractivity contribution in [1.29, 1.82) is 0 Å². The number of allylic oxidation sites excluding steroid dienone is 1. The molecule has 3 heteroatoms. The van der Waals surface area contributed by atoms with Crippen molar-refractivity contribution in [2.75, 3.05) is 0 Å². The molecule has 2 aliphatic carbocycles. The molecular formula is C15H20O3. The van der Waals surface area contributed by atoms with Gasteiger partial charge in [0.15, 0.2) is 0 Å². The van der Waals surface area contributed by atoms with E-state index >= 15 is 0 Å². The van der Waals surface area contributed by atoms with Crippen LogP contribution in [0, 0.1) is 17.8 Å². The van der Waals surface area contributed by atoms with Crippen molar-refractivity contribution in [3.05, 3.63) is 23.8 Å². The van der Waals surface area contributed by atoms with E-state index in [1.54, 1.807) is 0 Å². The third-order valence-corrected chi connectivity index (χ3v) is 5.12. The smallest absolute Gasteiger partial charge is 0.334 e. The van der Waals surface area contributed by atoms with Crippen molar-refractivity contribution >= 4 is 5.97 Å². The molecule has 3 nitrogen and oxygen atoms in total. The number of hydrogen-bond acceptors (Lipinski definition) is 3. The number of fused-ring (bicyclic) bond motifs is 2. The van der Waals surface area contributed by atoms with Gasteiger partial charge in [0.05, 0.1) is 5.60 Å². The summed E-state index contributed by atoms with van der Waals surface area (Å²) in [4.78, 5) is 11.6. The lowest BCUT2D eigenvalue weighted by atomic mass is 9.78. The van der Waals surface area contributed by atoms with Crippen molar-refractivity contribution in [2.45, 2.75) is 44.8 Å². The van der Waals surface area contributed by atoms with Crippen LogP contribution in [0.25, 0.3) is 0 Å². The maximum Gasteiger partial charge on any atom is 0.334 e. The molecule has 1 N–H and O–H groups in total. The van der Waals surface area contributed by atoms with Gasteiger partial charge < -0.3 is 9.84 Å². The second-order valence-corrected chi connectivity index (χ2v) is 6.26. The van der Waals surface area contributed by atoms with Gasteiger partial charge in [0.2, 0.25) is 0 Å². The van der Waals surface area contributed by atoms with Crippen LogP contribution in [0.1, 0.15) is 33.1 Å². The Balaban J connectivity index is 1.99. The van der Waals surface area contributed by atoms with Crippen LogP contribution in [-0.4, -0.2) is 22.8 Å². The molecule has 3 aliphatic rings. The van der Waals surface area contributed by atoms with Crippen LogP contribution in [0.15, 0.2) is 23.8 Å². The molecule has 0 spiro atoms. The predicted octanol–water partition coefficient (Wildman–Crippen LogP) is 2.21. The molecule has 0 amide bonds. The number of ether oxygens (including phenoxy) is 1. The van der Waals surface area contributed by atoms with Gasteiger partial charge in [-0.15, -0.1) is 0 Å². The minimum absolute atomic E-state index is 0.0482. The first kappa shape index (κ1) is 12.0. The Labute approximate surface area is 108 Å². The second kappa shape index (κ2) is 3.70. The van der Waals surface area contributed by atoms with E-state index in [1.165, 1.54) is 5.57 Å². The Morgan fingerprint density at radius 3 is 2.94 bits per heavy atom. The van der Waals surface area contributed by atoms with Crippen LogP contribution in [0.5, 0.6) is 0 Å². The van der Waals surface area contributed by atoms with Crippen LogP contribution in [0.4, 0.5) is 0 Å². The van der Waals surface area contributed by atoms with Gasteiger partial charge >= 0.3 is 5.97 Å². The van der Waals surface area contributed by atoms with Crippen molar-refractivity contribution in [3.63, 3.8) is 0 Å². The lowest BCUT2D eigenvalue weighted by Crippen LogP contribution is -2.33. The number of hydrogen-bond donors (Lipinski definition) is 1. The first-order chi connectivity index (χ1) is 8.40. The lowest BCUT2D eigenvalue weighted by Gasteiger charge is -2.30. The summed E-state index contributed by atoms with van der Waals surface area (Å²) >= 11 is 0. The molecular weight excluding hydrogens is 228 g/mol. The third kappa shape index (κ3) is 1.57. The van der Waals surface area contributed by atoms with Crippen LogP contribution >= 0.6 is 0 Å². The van der Waals surface area contributed by atoms with Crippen molar-refractivity contribution in [1.82, 2.24) is 0 Å². The fraction of sp³-hybridized carbons (Fsp3) is 0.667. The molecule has 5 atom stereocenters. The van der Waals surface area contributed by atoms with Crippen LogP contribution in [-0.2, 0) is 9.53 Å². The highest BCUT2D eigenvalue weighted by molar-refractivity contribution is 5.91. The Hall–Kier alpha value is -1.09. The lowest BCUT2D eigenvalue weighted by molar-refractivity contribution is -0.137. The van der Waals surface area contributed by atoms with Crippen molar-refractivity contribution in [2.24, 2.45) is 17.8 Å². The average molecular weight is 248 g/mol. The molecule has 3 rings (SSSR count). The van der Waals surface area contributed by atoms with Gasteiger partial charge in [0, 0.05) is 11.5 Å². The SMILES string of the molecule is C=C1C(=O)O[C@@H]2C=C(C)[C@@H]3CC[C@](C)(O)[C@@H]3C[C@H]12. The van der Waals surface area contributed by atoms with Crippen molar-refractivity contribution < 1.29 is 14.6 Å². The van der Waals surface area contributed by atoms with E-state index in [0.717, 1.165) is 19.3 Å². The molecule has 1 saturated heterocycles. The molecule has 0 unspecified atom stereocenters. The first-order valence-electron chi connectivity index (χ1n) is 6.70. The second-order valence-electron chi connectivity index (χ2n) is 6.26. The van der Waals surface area contributed by atoms with E-state index in [1.807, 2.05) is 6.92 Å². The molecule has 0 aromatic rings. The highest BCUT2D eigenvalue weighted by Crippen LogP contribution is 2.51. The fourth-order valence-electron chi connectivity index (χ4n) is 3.94. The molecule has 0 aromatic heterocycles. The summed E-state index contributed by atoms with van der Waals surface area (Å²) in [5, 5.41) is 10.5. The van der Waals surface area contributed by atoms with E-state index < -0.39 is 5.60 Å². The van der Waals surface area contributed by atoms with Gasteiger partial charge in [-0.3, -0.25) is 0 Å². The number of aliphatic hydroxyl groups is 1. The van der Waals surface area contributed by atoms with Gasteiger partial charge in [-0.2, -0.15) is 0 Å². The number of rotatable bonds is 0. The summed E-state index contributed by atoms with van der Waals surface area (Å²) in [5.74, 6) is 0.421. The molecule has 1 aliphatic heterocycles. The van der Waals surface area contributed by atoms with E-state index in [2.05, 4.69) is 19.6 Å². The molecule has 0 bridgehead atoms. The summed E-state index contributed by atoms with van der Waals surface area (Å²) in [6.45, 7) is 7.88. The van der Waals surface area contributed by atoms with Crippen LogP contribution in [0.2, 0.25) is 0 Å². The maximum absolute atomic E-state index is 11.6. The molecule has 1 saturated carbocycles. The Morgan fingerprint density at radius 2 is 2.22 bits per heavy atom. The molecule has 98 valence electrons. The van der Waals surface area contributed by atoms with Gasteiger partial charge in [-0.05, 0) is 51.0 Å². The van der Waals surface area contributed by atoms with Gasteiger partial charge in [0.25, 0.3) is 0 Å². The highest BCUT2D eigenvalue weighted by Gasteiger charge is 2.50. The van der Waals surface area contributed by atoms with Gasteiger partial charge in [-0.25, -0.2) is 4.79 Å². The molecule has 2 fully saturated rings. The molecule has 18 heavy (non-hydrogen) atoms. The summed E-state index contributed by atoms with van der Waals surface area (Å²) in [5.41, 5.74) is 1.21. The number of esters is 1. The zero-order valence-electron chi connectivity index (χ0n) is 11.0. The molecule has 0 radical (unpaired) electrons. The topological polar surface area (TPSA) is 46.5 Å². The van der Waals surface area contributed by atoms with E-state index in [9.17, 15) is 9.90 Å². The normalized spacial score (nSPS) is 47.2. The number of carbonyl (C=O) groups excluding carboxylic acids is 1. The fourth-order valence-corrected chi connectivity index (χ4v) is 3.94. The standard InChI is InChI=1S/C15H20O3/c1-8-6-13-11(9(2)14(16)18-13)7-12-10(8)4-5-15(12,3)17/h6,10-13,17H,2,4-5,7H2,1,3H3/t10-,11+,12+,13+,15-/m0/s1. The minimum Gasteiger partial charge on any atom is -0.454 e. The quantitative estimate of drug-likeness (QED) is 0.406. The minimum atomic E-state index is -0.624. The predicted molar refractivity (Wildman–Crippen MR) is 67.7 cm³/mol. The largest absolute Gasteiger partial charge is 0.454 e. The summed E-state index contributed by atoms with van der Waals surface area (Å²) in [7, 11) is 0. The van der Waals surface area contributed by atoms with E-state index in [-0.39, 0.29) is 23.9 Å². The summed E-state index contributed by atoms with van der Waals surface area (Å²) < 4.78 is 5.36. The van der Waals surface area contributed by atoms with E-state index in [4.69, 9.17) is 4.74 Å². The third-order valence-electron chi connectivity index (χ3n) is 5.12. The Kier molecular flexibility index (Phi) is 2.46. The molecule has 0 aromatic carbocycles. The monoisotopic (exact) mass is 248 g/mol. The average Bonchev–Trinajstić information content (AvgIpc) is 2.65. The first-order valence-corrected chi connectivity index (χ1v) is 6.70. The van der Waals surface area contributed by atoms with Crippen LogP contribution in [0.3, 0.4) is 0 Å². The Morgan fingerprint density at radius 1 is 1.50 bits per heavy atom. The number of carbonyl (C=O) groups is 1. The van der Waals surface area contributed by atoms with Gasteiger partial charge in [0.1, 0.15) is 6.10 Å². The summed E-state index contributed by atoms with van der Waals surface area (Å²) in [6.07, 6.45) is 4.59. The zero-order chi connectivity index (χ0) is 13.1. The van der Waals surface area contributed by atoms with E-state index in [0.29, 0.717) is 11.5 Å². The zero-order valence-corrected chi connectivity index (χ0v) is 11.0. The Bertz CT molecular complexity index is 447. The summed E-state index contributed by atoms with van der Waals surface area (Å²) in [6, 6.07) is 0. The molecule has 1 heterocycles.